The molecule has 0 aromatic carbocycles. The first kappa shape index (κ1) is 12.0. The van der Waals surface area contributed by atoms with E-state index in [0.717, 1.165) is 6.61 Å². The first-order valence-corrected chi connectivity index (χ1v) is 6.10. The van der Waals surface area contributed by atoms with Gasteiger partial charge in [0, 0.05) is 0 Å². The van der Waals surface area contributed by atoms with E-state index >= 15 is 0 Å². The Morgan fingerprint density at radius 3 is 1.86 bits per heavy atom. The van der Waals surface area contributed by atoms with E-state index in [1.807, 2.05) is 23.0 Å². The highest BCUT2D eigenvalue weighted by molar-refractivity contribution is 14.1. The second-order valence-corrected chi connectivity index (χ2v) is 4.07. The number of unbranched alkanes of at least 4 members (excludes halogenated alkanes) is 3. The van der Waals surface area contributed by atoms with Crippen molar-refractivity contribution in [3.8, 4) is 11.1 Å². The Morgan fingerprint density at radius 1 is 1.00 bits per heavy atom. The van der Waals surface area contributed by atoms with Gasteiger partial charge in [0.25, 0.3) is 0 Å². The van der Waals surface area contributed by atoms with Crippen LogP contribution in [0.1, 0.15) is 32.6 Å². The average molecular weight is 304 g/mol. The second kappa shape index (κ2) is 7.23. The molecular weight excluding hydrogens is 287 g/mol. The van der Waals surface area contributed by atoms with Crippen LogP contribution in [0.4, 0.5) is 0 Å². The van der Waals surface area contributed by atoms with Crippen LogP contribution in [0.5, 0.6) is 0 Å². The molecule has 0 aromatic rings. The van der Waals surface area contributed by atoms with Crippen molar-refractivity contribution in [1.29, 1.82) is 0 Å². The third kappa shape index (κ3) is 3.96. The summed E-state index contributed by atoms with van der Waals surface area (Å²) >= 11 is 1.94. The Balaban J connectivity index is 0.000000143. The van der Waals surface area contributed by atoms with E-state index in [0.29, 0.717) is 0 Å². The predicted octanol–water partition coefficient (Wildman–Crippen LogP) is 4.60. The third-order valence-electron chi connectivity index (χ3n) is 2.29. The summed E-state index contributed by atoms with van der Waals surface area (Å²) in [6.45, 7) is 3.13. The molecule has 2 aliphatic rings. The molecule has 0 saturated heterocycles. The molecule has 78 valence electrons. The first-order chi connectivity index (χ1) is 6.88. The average Bonchev–Trinajstić information content (AvgIpc) is 2.19. The van der Waals surface area contributed by atoms with Crippen LogP contribution >= 0.6 is 23.0 Å². The topological polar surface area (TPSA) is 9.23 Å². The quantitative estimate of drug-likeness (QED) is 0.579. The van der Waals surface area contributed by atoms with Crippen molar-refractivity contribution in [3.63, 3.8) is 0 Å². The van der Waals surface area contributed by atoms with E-state index in [1.165, 1.54) is 36.8 Å². The molecule has 0 N–H and O–H groups in total. The zero-order valence-corrected chi connectivity index (χ0v) is 10.8. The highest BCUT2D eigenvalue weighted by Crippen LogP contribution is 2.29. The van der Waals surface area contributed by atoms with Crippen LogP contribution in [0.2, 0.25) is 0 Å². The molecule has 0 aliphatic heterocycles. The fourth-order valence-corrected chi connectivity index (χ4v) is 1.56. The molecule has 0 aromatic heterocycles. The summed E-state index contributed by atoms with van der Waals surface area (Å²) in [7, 11) is 0. The van der Waals surface area contributed by atoms with Gasteiger partial charge in [-0.2, -0.15) is 0 Å². The molecule has 0 heterocycles. The van der Waals surface area contributed by atoms with E-state index in [9.17, 15) is 0 Å². The number of halogens is 1. The van der Waals surface area contributed by atoms with Crippen LogP contribution in [0.15, 0.2) is 24.3 Å². The van der Waals surface area contributed by atoms with Gasteiger partial charge in [0.2, 0.25) is 0 Å². The Morgan fingerprint density at radius 2 is 1.57 bits per heavy atom. The zero-order valence-electron chi connectivity index (χ0n) is 8.63. The minimum Gasteiger partial charge on any atom is -0.316 e. The minimum atomic E-state index is 0.917. The van der Waals surface area contributed by atoms with Crippen LogP contribution in [0, 0.1) is 0 Å². The summed E-state index contributed by atoms with van der Waals surface area (Å²) in [5, 5.41) is 0. The Hall–Kier alpha value is -0.0900. The Bertz CT molecular complexity index is 216. The fourth-order valence-electron chi connectivity index (χ4n) is 1.25. The molecule has 2 aliphatic carbocycles. The van der Waals surface area contributed by atoms with Crippen molar-refractivity contribution in [2.45, 2.75) is 32.6 Å². The molecule has 1 nitrogen and oxygen atoms in total. The lowest BCUT2D eigenvalue weighted by Gasteiger charge is -2.10. The molecule has 0 saturated carbocycles. The van der Waals surface area contributed by atoms with Crippen LogP contribution in [0.3, 0.4) is 0 Å². The van der Waals surface area contributed by atoms with Crippen LogP contribution in [-0.4, -0.2) is 6.61 Å². The van der Waals surface area contributed by atoms with Crippen LogP contribution in [-0.2, 0) is 3.07 Å². The molecule has 0 radical (unpaired) electrons. The summed E-state index contributed by atoms with van der Waals surface area (Å²) in [5.74, 6) is 0. The standard InChI is InChI=1S/C6H13IO.C6H4/c1-2-3-4-5-6-8-7;1-2-6-4-3-5(1)6/h2-6H2,1H3;1-4H. The molecule has 2 heteroatoms. The van der Waals surface area contributed by atoms with Gasteiger partial charge in [-0.1, -0.05) is 50.5 Å². The monoisotopic (exact) mass is 304 g/mol. The number of hydrogen-bond donors (Lipinski definition) is 0. The molecule has 0 fully saturated rings. The lowest BCUT2D eigenvalue weighted by molar-refractivity contribution is 0.402. The van der Waals surface area contributed by atoms with Gasteiger partial charge in [-0.3, -0.25) is 0 Å². The number of benzene rings is 1. The third-order valence-corrected chi connectivity index (χ3v) is 2.73. The normalized spacial score (nSPS) is 10.4. The summed E-state index contributed by atoms with van der Waals surface area (Å²) in [5.41, 5.74) is 2.85. The largest absolute Gasteiger partial charge is 0.316 e. The lowest BCUT2D eigenvalue weighted by Crippen LogP contribution is -1.85. The van der Waals surface area contributed by atoms with Gasteiger partial charge in [-0.25, -0.2) is 0 Å². The van der Waals surface area contributed by atoms with Crippen molar-refractivity contribution in [2.24, 2.45) is 0 Å². The van der Waals surface area contributed by atoms with E-state index < -0.39 is 0 Å². The maximum atomic E-state index is 4.86. The van der Waals surface area contributed by atoms with E-state index in [4.69, 9.17) is 3.07 Å². The highest BCUT2D eigenvalue weighted by Gasteiger charge is 2.03. The molecule has 0 bridgehead atoms. The number of rotatable bonds is 5. The van der Waals surface area contributed by atoms with Gasteiger partial charge in [0.05, 0.1) is 6.61 Å². The second-order valence-electron chi connectivity index (χ2n) is 3.45. The molecule has 0 atom stereocenters. The Labute approximate surface area is 101 Å². The van der Waals surface area contributed by atoms with Crippen molar-refractivity contribution >= 4 is 23.0 Å². The van der Waals surface area contributed by atoms with Gasteiger partial charge in [-0.05, 0) is 17.5 Å². The van der Waals surface area contributed by atoms with Gasteiger partial charge < -0.3 is 3.07 Å². The van der Waals surface area contributed by atoms with Crippen LogP contribution in [0.25, 0.3) is 11.1 Å². The summed E-state index contributed by atoms with van der Waals surface area (Å²) < 4.78 is 4.86. The van der Waals surface area contributed by atoms with Crippen molar-refractivity contribution in [1.82, 2.24) is 0 Å². The Kier molecular flexibility index (Phi) is 6.19. The van der Waals surface area contributed by atoms with Crippen molar-refractivity contribution < 1.29 is 3.07 Å². The summed E-state index contributed by atoms with van der Waals surface area (Å²) in [4.78, 5) is 0. The smallest absolute Gasteiger partial charge is 0.109 e. The van der Waals surface area contributed by atoms with Crippen LogP contribution < -0.4 is 0 Å². The van der Waals surface area contributed by atoms with Gasteiger partial charge >= 0.3 is 0 Å². The van der Waals surface area contributed by atoms with Gasteiger partial charge in [-0.15, -0.1) is 0 Å². The molecule has 2 rings (SSSR count). The van der Waals surface area contributed by atoms with Gasteiger partial charge in [0.15, 0.2) is 0 Å². The summed E-state index contributed by atoms with van der Waals surface area (Å²) in [6, 6.07) is 8.48. The number of hydrogen-bond acceptors (Lipinski definition) is 1. The zero-order chi connectivity index (χ0) is 10.2. The minimum absolute atomic E-state index is 0.917. The van der Waals surface area contributed by atoms with Gasteiger partial charge in [0.1, 0.15) is 23.0 Å². The lowest BCUT2D eigenvalue weighted by atomic mass is 9.95. The summed E-state index contributed by atoms with van der Waals surface area (Å²) in [6.07, 6.45) is 5.19. The van der Waals surface area contributed by atoms with Crippen molar-refractivity contribution in [3.05, 3.63) is 24.3 Å². The molecule has 14 heavy (non-hydrogen) atoms. The SMILES string of the molecule is CCCCCCOI.c1cc2ccc1-2. The first-order valence-electron chi connectivity index (χ1n) is 5.22. The molecular formula is C12H17IO. The molecule has 0 amide bonds. The predicted molar refractivity (Wildman–Crippen MR) is 69.6 cm³/mol. The van der Waals surface area contributed by atoms with E-state index in [2.05, 4.69) is 31.2 Å². The fraction of sp³-hybridized carbons (Fsp3) is 0.500. The maximum Gasteiger partial charge on any atom is 0.109 e. The molecule has 0 spiro atoms. The number of fused-ring (bicyclic) bond motifs is 1. The van der Waals surface area contributed by atoms with E-state index in [-0.39, 0.29) is 0 Å². The van der Waals surface area contributed by atoms with E-state index in [1.54, 1.807) is 0 Å². The maximum absolute atomic E-state index is 4.86. The van der Waals surface area contributed by atoms with Crippen molar-refractivity contribution in [2.75, 3.05) is 6.61 Å². The highest BCUT2D eigenvalue weighted by atomic mass is 127. The molecule has 0 unspecified atom stereocenters.